The van der Waals surface area contributed by atoms with Gasteiger partial charge in [0.15, 0.2) is 0 Å². The van der Waals surface area contributed by atoms with Gasteiger partial charge in [0.2, 0.25) is 0 Å². The predicted molar refractivity (Wildman–Crippen MR) is 70.6 cm³/mol. The monoisotopic (exact) mass is 282 g/mol. The number of hydrogen-bond acceptors (Lipinski definition) is 6. The van der Waals surface area contributed by atoms with Gasteiger partial charge < -0.3 is 8.37 Å². The van der Waals surface area contributed by atoms with Gasteiger partial charge >= 0.3 is 0 Å². The van der Waals surface area contributed by atoms with Gasteiger partial charge in [-0.2, -0.15) is 0 Å². The summed E-state index contributed by atoms with van der Waals surface area (Å²) in [7, 11) is 0. The zero-order chi connectivity index (χ0) is 13.0. The lowest BCUT2D eigenvalue weighted by Gasteiger charge is -2.25. The van der Waals surface area contributed by atoms with Crippen molar-refractivity contribution in [1.29, 1.82) is 10.5 Å². The van der Waals surface area contributed by atoms with Crippen molar-refractivity contribution < 1.29 is 8.37 Å². The Morgan fingerprint density at radius 1 is 1.00 bits per heavy atom. The number of nitriles is 2. The molecule has 6 heteroatoms. The Morgan fingerprint density at radius 2 is 1.44 bits per heavy atom. The van der Waals surface area contributed by atoms with Crippen LogP contribution in [0.2, 0.25) is 0 Å². The summed E-state index contributed by atoms with van der Waals surface area (Å²) in [5.41, 5.74) is 0. The summed E-state index contributed by atoms with van der Waals surface area (Å²) in [6, 6.07) is 0. The molecule has 0 amide bonds. The first-order chi connectivity index (χ1) is 8.79. The molecular weight excluding hydrogens is 268 g/mol. The van der Waals surface area contributed by atoms with Crippen LogP contribution in [0.3, 0.4) is 0 Å². The molecule has 2 rings (SSSR count). The molecule has 0 aromatic heterocycles. The third kappa shape index (κ3) is 2.55. The summed E-state index contributed by atoms with van der Waals surface area (Å²) in [5.74, 6) is 4.43. The Morgan fingerprint density at radius 3 is 1.83 bits per heavy atom. The quantitative estimate of drug-likeness (QED) is 0.323. The van der Waals surface area contributed by atoms with E-state index in [9.17, 15) is 0 Å². The molecule has 2 aliphatic rings. The molecule has 96 valence electrons. The summed E-state index contributed by atoms with van der Waals surface area (Å²) in [6.07, 6.45) is 7.95. The Bertz CT molecular complexity index is 366. The Labute approximate surface area is 116 Å². The second-order valence-corrected chi connectivity index (χ2v) is 6.12. The van der Waals surface area contributed by atoms with Crippen LogP contribution < -0.4 is 0 Å². The summed E-state index contributed by atoms with van der Waals surface area (Å²) >= 11 is 2.45. The van der Waals surface area contributed by atoms with Gasteiger partial charge in [0.25, 0.3) is 12.5 Å². The Hall–Kier alpha value is -0.980. The lowest BCUT2D eigenvalue weighted by atomic mass is 9.86. The predicted octanol–water partition coefficient (Wildman–Crippen LogP) is 2.96. The molecule has 0 N–H and O–H groups in total. The van der Waals surface area contributed by atoms with Gasteiger partial charge in [0.05, 0.1) is 24.1 Å². The molecule has 0 aromatic rings. The highest BCUT2D eigenvalue weighted by molar-refractivity contribution is 7.95. The van der Waals surface area contributed by atoms with E-state index in [-0.39, 0.29) is 0 Å². The van der Waals surface area contributed by atoms with Crippen LogP contribution in [0.4, 0.5) is 0 Å². The number of rotatable bonds is 6. The van der Waals surface area contributed by atoms with Gasteiger partial charge in [-0.05, 0) is 29.6 Å². The molecule has 1 fully saturated rings. The molecule has 1 saturated carbocycles. The van der Waals surface area contributed by atoms with Gasteiger partial charge in [0.1, 0.15) is 0 Å². The standard InChI is InChI=1S/C12H14N2O2S2/c1-8-9-2-3-10(8)12(5-18-16-7-14)11(9)4-17-15-6-13/h2-3,8-12H,4-5H2,1H3. The van der Waals surface area contributed by atoms with Crippen LogP contribution in [0, 0.1) is 52.6 Å². The van der Waals surface area contributed by atoms with Gasteiger partial charge in [-0.25, -0.2) is 0 Å². The van der Waals surface area contributed by atoms with E-state index < -0.39 is 0 Å². The van der Waals surface area contributed by atoms with Crippen molar-refractivity contribution in [3.05, 3.63) is 12.2 Å². The molecule has 2 aliphatic carbocycles. The Balaban J connectivity index is 1.94. The van der Waals surface area contributed by atoms with Crippen LogP contribution in [0.25, 0.3) is 0 Å². The molecule has 0 saturated heterocycles. The summed E-state index contributed by atoms with van der Waals surface area (Å²) in [5, 5.41) is 16.8. The van der Waals surface area contributed by atoms with Crippen LogP contribution in [-0.2, 0) is 8.37 Å². The van der Waals surface area contributed by atoms with Gasteiger partial charge in [-0.1, -0.05) is 19.1 Å². The first-order valence-electron chi connectivity index (χ1n) is 5.83. The summed E-state index contributed by atoms with van der Waals surface area (Å²) in [6.45, 7) is 2.27. The fourth-order valence-corrected chi connectivity index (χ4v) is 4.74. The molecule has 0 heterocycles. The average Bonchev–Trinajstić information content (AvgIpc) is 2.85. The number of nitrogens with zero attached hydrogens (tertiary/aromatic N) is 2. The molecule has 4 unspecified atom stereocenters. The highest BCUT2D eigenvalue weighted by atomic mass is 32.2. The maximum atomic E-state index is 8.40. The van der Waals surface area contributed by atoms with Crippen molar-refractivity contribution in [2.75, 3.05) is 11.5 Å². The molecule has 2 bridgehead atoms. The lowest BCUT2D eigenvalue weighted by molar-refractivity contribution is 0.370. The van der Waals surface area contributed by atoms with Gasteiger partial charge in [-0.15, -0.1) is 10.5 Å². The zero-order valence-corrected chi connectivity index (χ0v) is 11.6. The Kier molecular flexibility index (Phi) is 4.68. The van der Waals surface area contributed by atoms with Crippen LogP contribution in [0.1, 0.15) is 6.92 Å². The highest BCUT2D eigenvalue weighted by Gasteiger charge is 2.49. The highest BCUT2D eigenvalue weighted by Crippen LogP contribution is 2.53. The normalized spacial score (nSPS) is 36.1. The second-order valence-electron chi connectivity index (χ2n) is 4.64. The lowest BCUT2D eigenvalue weighted by Crippen LogP contribution is -2.23. The fraction of sp³-hybridized carbons (Fsp3) is 0.667. The average molecular weight is 282 g/mol. The zero-order valence-electron chi connectivity index (χ0n) is 9.98. The van der Waals surface area contributed by atoms with E-state index in [1.807, 2.05) is 0 Å². The van der Waals surface area contributed by atoms with Crippen molar-refractivity contribution in [3.8, 4) is 12.5 Å². The van der Waals surface area contributed by atoms with E-state index in [1.165, 1.54) is 24.1 Å². The van der Waals surface area contributed by atoms with Crippen molar-refractivity contribution in [1.82, 2.24) is 0 Å². The molecule has 0 radical (unpaired) electrons. The first kappa shape index (κ1) is 13.5. The van der Waals surface area contributed by atoms with Crippen molar-refractivity contribution >= 4 is 24.1 Å². The van der Waals surface area contributed by atoms with E-state index >= 15 is 0 Å². The number of hydrogen-bond donors (Lipinski definition) is 0. The van der Waals surface area contributed by atoms with E-state index in [4.69, 9.17) is 18.9 Å². The van der Waals surface area contributed by atoms with Crippen molar-refractivity contribution in [3.63, 3.8) is 0 Å². The van der Waals surface area contributed by atoms with Crippen LogP contribution >= 0.6 is 24.1 Å². The number of allylic oxidation sites excluding steroid dienone is 2. The van der Waals surface area contributed by atoms with E-state index in [0.29, 0.717) is 29.6 Å². The minimum Gasteiger partial charge on any atom is -0.352 e. The first-order valence-corrected chi connectivity index (χ1v) is 7.65. The van der Waals surface area contributed by atoms with Gasteiger partial charge in [-0.3, -0.25) is 0 Å². The molecule has 18 heavy (non-hydrogen) atoms. The SMILES string of the molecule is CC1C2C=CC1C(CSOC#N)C2CSOC#N. The third-order valence-corrected chi connectivity index (χ3v) is 5.45. The van der Waals surface area contributed by atoms with Crippen LogP contribution in [0.15, 0.2) is 12.2 Å². The topological polar surface area (TPSA) is 66.0 Å². The van der Waals surface area contributed by atoms with Crippen LogP contribution in [0.5, 0.6) is 0 Å². The van der Waals surface area contributed by atoms with Crippen LogP contribution in [-0.4, -0.2) is 11.5 Å². The van der Waals surface area contributed by atoms with E-state index in [2.05, 4.69) is 19.1 Å². The molecule has 0 aliphatic heterocycles. The van der Waals surface area contributed by atoms with E-state index in [0.717, 1.165) is 11.5 Å². The second kappa shape index (κ2) is 6.26. The molecule has 4 atom stereocenters. The third-order valence-electron chi connectivity index (χ3n) is 4.02. The molecule has 0 aromatic carbocycles. The van der Waals surface area contributed by atoms with Crippen molar-refractivity contribution in [2.24, 2.45) is 29.6 Å². The van der Waals surface area contributed by atoms with Crippen molar-refractivity contribution in [2.45, 2.75) is 6.92 Å². The minimum atomic E-state index is 0.503. The summed E-state index contributed by atoms with van der Waals surface area (Å²) in [4.78, 5) is 0. The largest absolute Gasteiger partial charge is 0.352 e. The smallest absolute Gasteiger partial charge is 0.299 e. The van der Waals surface area contributed by atoms with E-state index in [1.54, 1.807) is 12.5 Å². The minimum absolute atomic E-state index is 0.503. The fourth-order valence-electron chi connectivity index (χ4n) is 3.25. The maximum Gasteiger partial charge on any atom is 0.299 e. The number of fused-ring (bicyclic) bond motifs is 2. The molecular formula is C12H14N2O2S2. The maximum absolute atomic E-state index is 8.40. The molecule has 4 nitrogen and oxygen atoms in total. The molecule has 0 spiro atoms. The van der Waals surface area contributed by atoms with Gasteiger partial charge in [0, 0.05) is 11.5 Å². The summed E-state index contributed by atoms with van der Waals surface area (Å²) < 4.78 is 9.44.